The first-order valence-corrected chi connectivity index (χ1v) is 6.62. The molecular formula is C13H17N5O2. The Balaban J connectivity index is 2.11. The maximum Gasteiger partial charge on any atom is 0.305 e. The van der Waals surface area contributed by atoms with E-state index in [-0.39, 0.29) is 11.4 Å². The van der Waals surface area contributed by atoms with Crippen molar-refractivity contribution in [2.75, 3.05) is 25.0 Å². The van der Waals surface area contributed by atoms with Crippen molar-refractivity contribution in [2.24, 2.45) is 0 Å². The third kappa shape index (κ3) is 3.22. The van der Waals surface area contributed by atoms with Crippen LogP contribution >= 0.6 is 0 Å². The highest BCUT2D eigenvalue weighted by Gasteiger charge is 2.19. The van der Waals surface area contributed by atoms with E-state index in [2.05, 4.69) is 10.3 Å². The molecular weight excluding hydrogens is 258 g/mol. The number of hydrogen-bond donors (Lipinski definition) is 1. The number of aromatic nitrogens is 1. The van der Waals surface area contributed by atoms with Gasteiger partial charge in [0.2, 0.25) is 5.69 Å². The first-order chi connectivity index (χ1) is 9.61. The monoisotopic (exact) mass is 275 g/mol. The molecule has 1 saturated heterocycles. The lowest BCUT2D eigenvalue weighted by Gasteiger charge is -2.28. The van der Waals surface area contributed by atoms with Crippen LogP contribution in [-0.2, 0) is 0 Å². The van der Waals surface area contributed by atoms with Crippen LogP contribution < -0.4 is 10.2 Å². The van der Waals surface area contributed by atoms with Gasteiger partial charge in [0.15, 0.2) is 0 Å². The molecule has 2 heterocycles. The van der Waals surface area contributed by atoms with Crippen LogP contribution in [0.2, 0.25) is 0 Å². The van der Waals surface area contributed by atoms with Crippen LogP contribution in [0.1, 0.15) is 25.0 Å². The van der Waals surface area contributed by atoms with E-state index in [1.54, 1.807) is 12.1 Å². The van der Waals surface area contributed by atoms with E-state index in [1.165, 1.54) is 18.9 Å². The predicted octanol–water partition coefficient (Wildman–Crippen LogP) is 1.44. The van der Waals surface area contributed by atoms with Crippen LogP contribution in [0.5, 0.6) is 0 Å². The van der Waals surface area contributed by atoms with Crippen molar-refractivity contribution in [2.45, 2.75) is 25.3 Å². The van der Waals surface area contributed by atoms with Crippen molar-refractivity contribution in [3.8, 4) is 6.07 Å². The lowest BCUT2D eigenvalue weighted by Crippen LogP contribution is -2.42. The van der Waals surface area contributed by atoms with Crippen LogP contribution in [0.3, 0.4) is 0 Å². The summed E-state index contributed by atoms with van der Waals surface area (Å²) in [6, 6.07) is 5.10. The summed E-state index contributed by atoms with van der Waals surface area (Å²) in [5.41, 5.74) is -0.392. The first-order valence-electron chi connectivity index (χ1n) is 6.62. The van der Waals surface area contributed by atoms with E-state index in [0.717, 1.165) is 19.5 Å². The molecule has 0 saturated carbocycles. The van der Waals surface area contributed by atoms with E-state index in [9.17, 15) is 10.1 Å². The normalized spacial score (nSPS) is 18.3. The van der Waals surface area contributed by atoms with E-state index >= 15 is 0 Å². The van der Waals surface area contributed by atoms with E-state index in [0.29, 0.717) is 11.9 Å². The highest BCUT2D eigenvalue weighted by molar-refractivity contribution is 5.51. The molecule has 1 fully saturated rings. The van der Waals surface area contributed by atoms with E-state index in [1.807, 2.05) is 11.9 Å². The van der Waals surface area contributed by atoms with E-state index < -0.39 is 4.92 Å². The Morgan fingerprint density at radius 2 is 2.40 bits per heavy atom. The van der Waals surface area contributed by atoms with Gasteiger partial charge in [0.25, 0.3) is 0 Å². The fourth-order valence-electron chi connectivity index (χ4n) is 2.39. The zero-order valence-electron chi connectivity index (χ0n) is 11.4. The van der Waals surface area contributed by atoms with Crippen LogP contribution in [0.4, 0.5) is 11.5 Å². The molecule has 7 heteroatoms. The van der Waals surface area contributed by atoms with Gasteiger partial charge in [0.05, 0.1) is 4.92 Å². The Morgan fingerprint density at radius 1 is 1.60 bits per heavy atom. The maximum absolute atomic E-state index is 10.8. The summed E-state index contributed by atoms with van der Waals surface area (Å²) >= 11 is 0. The molecule has 1 aromatic heterocycles. The van der Waals surface area contributed by atoms with Crippen molar-refractivity contribution in [3.63, 3.8) is 0 Å². The summed E-state index contributed by atoms with van der Waals surface area (Å²) in [6.45, 7) is 1.80. The van der Waals surface area contributed by atoms with Gasteiger partial charge in [-0.2, -0.15) is 5.26 Å². The summed E-state index contributed by atoms with van der Waals surface area (Å²) < 4.78 is 0. The third-order valence-electron chi connectivity index (χ3n) is 3.46. The van der Waals surface area contributed by atoms with Crippen LogP contribution in [0.25, 0.3) is 0 Å². The largest absolute Gasteiger partial charge is 0.358 e. The summed E-state index contributed by atoms with van der Waals surface area (Å²) in [4.78, 5) is 16.2. The summed E-state index contributed by atoms with van der Waals surface area (Å²) in [7, 11) is 1.88. The number of nitrogens with one attached hydrogen (secondary N) is 1. The molecule has 1 unspecified atom stereocenters. The minimum Gasteiger partial charge on any atom is -0.358 e. The molecule has 0 aliphatic carbocycles. The van der Waals surface area contributed by atoms with Crippen molar-refractivity contribution in [3.05, 3.63) is 27.9 Å². The zero-order valence-corrected chi connectivity index (χ0v) is 11.4. The van der Waals surface area contributed by atoms with Crippen LogP contribution in [0.15, 0.2) is 12.1 Å². The topological polar surface area (TPSA) is 95.1 Å². The minimum absolute atomic E-state index is 0.143. The second kappa shape index (κ2) is 6.30. The van der Waals surface area contributed by atoms with Crippen molar-refractivity contribution in [1.29, 1.82) is 5.26 Å². The van der Waals surface area contributed by atoms with E-state index in [4.69, 9.17) is 5.26 Å². The number of pyridine rings is 1. The van der Waals surface area contributed by atoms with Gasteiger partial charge >= 0.3 is 5.69 Å². The summed E-state index contributed by atoms with van der Waals surface area (Å²) in [5, 5.41) is 23.2. The quantitative estimate of drug-likeness (QED) is 0.660. The SMILES string of the molecule is CN(CC1CCCCN1)c1ccc([N+](=O)[O-])c(C#N)n1. The Morgan fingerprint density at radius 3 is 3.00 bits per heavy atom. The Kier molecular flexibility index (Phi) is 4.48. The average Bonchev–Trinajstić information content (AvgIpc) is 2.47. The summed E-state index contributed by atoms with van der Waals surface area (Å²) in [5.74, 6) is 0.583. The Labute approximate surface area is 117 Å². The molecule has 2 rings (SSSR count). The third-order valence-corrected chi connectivity index (χ3v) is 3.46. The molecule has 0 amide bonds. The zero-order chi connectivity index (χ0) is 14.5. The molecule has 1 N–H and O–H groups in total. The molecule has 1 atom stereocenters. The average molecular weight is 275 g/mol. The minimum atomic E-state index is -0.585. The lowest BCUT2D eigenvalue weighted by molar-refractivity contribution is -0.385. The highest BCUT2D eigenvalue weighted by Crippen LogP contribution is 2.20. The predicted molar refractivity (Wildman–Crippen MR) is 74.5 cm³/mol. The van der Waals surface area contributed by atoms with Gasteiger partial charge in [-0.3, -0.25) is 10.1 Å². The first kappa shape index (κ1) is 14.2. The van der Waals surface area contributed by atoms with Crippen LogP contribution in [0, 0.1) is 21.4 Å². The second-order valence-corrected chi connectivity index (χ2v) is 4.93. The molecule has 1 aromatic rings. The molecule has 106 valence electrons. The fourth-order valence-corrected chi connectivity index (χ4v) is 2.39. The van der Waals surface area contributed by atoms with Crippen LogP contribution in [-0.4, -0.2) is 36.1 Å². The number of likely N-dealkylation sites (N-methyl/N-ethyl adjacent to an activating group) is 1. The van der Waals surface area contributed by atoms with Crippen molar-refractivity contribution < 1.29 is 4.92 Å². The lowest BCUT2D eigenvalue weighted by atomic mass is 10.0. The van der Waals surface area contributed by atoms with Gasteiger partial charge < -0.3 is 10.2 Å². The standard InChI is InChI=1S/C13H17N5O2/c1-17(9-10-4-2-3-7-15-10)13-6-5-12(18(19)20)11(8-14)16-13/h5-6,10,15H,2-4,7,9H2,1H3. The molecule has 7 nitrogen and oxygen atoms in total. The Bertz CT molecular complexity index is 534. The molecule has 0 radical (unpaired) electrons. The fraction of sp³-hybridized carbons (Fsp3) is 0.538. The number of piperidine rings is 1. The Hall–Kier alpha value is -2.20. The van der Waals surface area contributed by atoms with Gasteiger partial charge in [-0.15, -0.1) is 0 Å². The molecule has 1 aliphatic rings. The molecule has 0 aromatic carbocycles. The van der Waals surface area contributed by atoms with Gasteiger partial charge in [0.1, 0.15) is 11.9 Å². The number of anilines is 1. The number of hydrogen-bond acceptors (Lipinski definition) is 6. The number of nitrogens with zero attached hydrogens (tertiary/aromatic N) is 4. The smallest absolute Gasteiger partial charge is 0.305 e. The summed E-state index contributed by atoms with van der Waals surface area (Å²) in [6.07, 6.45) is 3.53. The van der Waals surface area contributed by atoms with Gasteiger partial charge in [-0.1, -0.05) is 6.42 Å². The maximum atomic E-state index is 10.8. The molecule has 0 spiro atoms. The second-order valence-electron chi connectivity index (χ2n) is 4.93. The van der Waals surface area contributed by atoms with Crippen molar-refractivity contribution in [1.82, 2.24) is 10.3 Å². The van der Waals surface area contributed by atoms with Crippen molar-refractivity contribution >= 4 is 11.5 Å². The number of rotatable bonds is 4. The van der Waals surface area contributed by atoms with Gasteiger partial charge in [0, 0.05) is 25.7 Å². The molecule has 0 bridgehead atoms. The molecule has 20 heavy (non-hydrogen) atoms. The van der Waals surface area contributed by atoms with Gasteiger partial charge in [-0.25, -0.2) is 4.98 Å². The highest BCUT2D eigenvalue weighted by atomic mass is 16.6. The van der Waals surface area contributed by atoms with Gasteiger partial charge in [-0.05, 0) is 25.5 Å². The number of nitro groups is 1. The molecule has 1 aliphatic heterocycles. The number of nitriles is 1.